The van der Waals surface area contributed by atoms with E-state index in [1.54, 1.807) is 7.05 Å². The Bertz CT molecular complexity index is 906. The maximum Gasteiger partial charge on any atom is 0.397 e. The summed E-state index contributed by atoms with van der Waals surface area (Å²) in [7, 11) is 1.71. The number of benzene rings is 1. The van der Waals surface area contributed by atoms with E-state index >= 15 is 0 Å². The first-order valence-corrected chi connectivity index (χ1v) is 10.7. The molecule has 0 aromatic heterocycles. The van der Waals surface area contributed by atoms with Crippen LogP contribution in [0.2, 0.25) is 0 Å². The Hall–Kier alpha value is -2.90. The highest BCUT2D eigenvalue weighted by Crippen LogP contribution is 2.27. The van der Waals surface area contributed by atoms with Gasteiger partial charge in [-0.25, -0.2) is 14.3 Å². The highest BCUT2D eigenvalue weighted by atomic mass is 16.5. The topological polar surface area (TPSA) is 68.5 Å². The van der Waals surface area contributed by atoms with E-state index in [1.807, 2.05) is 45.0 Å². The standard InChI is InChI=1S/C22H30N5O3/c1-5-30-17-10-8-16(9-11-17)25-12-6-7-13-26-18-19(23-21(25)26)24(4)22(29)27(20(18)28)14-15(2)3/h8-11,15,18H,5-7,12-14H2,1-4H3/q+1. The Labute approximate surface area is 177 Å². The lowest BCUT2D eigenvalue weighted by molar-refractivity contribution is -0.535. The minimum Gasteiger partial charge on any atom is -0.494 e. The predicted octanol–water partition coefficient (Wildman–Crippen LogP) is 2.38. The molecule has 4 rings (SSSR count). The summed E-state index contributed by atoms with van der Waals surface area (Å²) in [5.74, 6) is 2.14. The second-order valence-electron chi connectivity index (χ2n) is 8.34. The van der Waals surface area contributed by atoms with Gasteiger partial charge in [-0.3, -0.25) is 14.6 Å². The molecule has 3 aliphatic heterocycles. The number of hydrogen-bond donors (Lipinski definition) is 0. The van der Waals surface area contributed by atoms with Gasteiger partial charge in [-0.2, -0.15) is 0 Å². The Morgan fingerprint density at radius 2 is 1.93 bits per heavy atom. The quantitative estimate of drug-likeness (QED) is 0.697. The molecule has 1 aromatic rings. The Morgan fingerprint density at radius 1 is 1.20 bits per heavy atom. The van der Waals surface area contributed by atoms with Gasteiger partial charge in [-0.15, -0.1) is 0 Å². The van der Waals surface area contributed by atoms with E-state index in [0.29, 0.717) is 19.0 Å². The van der Waals surface area contributed by atoms with Gasteiger partial charge in [0, 0.05) is 13.6 Å². The largest absolute Gasteiger partial charge is 0.494 e. The third-order valence-corrected chi connectivity index (χ3v) is 5.67. The molecular weight excluding hydrogens is 382 g/mol. The maximum absolute atomic E-state index is 13.3. The first kappa shape index (κ1) is 20.4. The van der Waals surface area contributed by atoms with Crippen LogP contribution in [0.25, 0.3) is 0 Å². The fourth-order valence-electron chi connectivity index (χ4n) is 4.27. The van der Waals surface area contributed by atoms with E-state index in [1.165, 1.54) is 9.80 Å². The van der Waals surface area contributed by atoms with Gasteiger partial charge in [-0.1, -0.05) is 18.8 Å². The number of likely N-dealkylation sites (N-methyl/N-ethyl adjacent to an activating group) is 1. The van der Waals surface area contributed by atoms with Crippen LogP contribution in [0.15, 0.2) is 29.3 Å². The second-order valence-corrected chi connectivity index (χ2v) is 8.34. The van der Waals surface area contributed by atoms with Crippen LogP contribution in [-0.2, 0) is 4.79 Å². The molecule has 1 saturated heterocycles. The number of aliphatic imine (C=N–C) groups is 1. The molecular formula is C22H30N5O3+. The molecule has 0 radical (unpaired) electrons. The van der Waals surface area contributed by atoms with E-state index < -0.39 is 6.04 Å². The molecule has 8 nitrogen and oxygen atoms in total. The van der Waals surface area contributed by atoms with Crippen LogP contribution in [0.1, 0.15) is 33.6 Å². The number of anilines is 1. The Morgan fingerprint density at radius 3 is 2.60 bits per heavy atom. The molecule has 1 atom stereocenters. The van der Waals surface area contributed by atoms with E-state index in [4.69, 9.17) is 9.73 Å². The summed E-state index contributed by atoms with van der Waals surface area (Å²) in [4.78, 5) is 36.0. The Balaban J connectivity index is 1.71. The zero-order valence-corrected chi connectivity index (χ0v) is 18.2. The summed E-state index contributed by atoms with van der Waals surface area (Å²) < 4.78 is 7.63. The van der Waals surface area contributed by atoms with E-state index in [0.717, 1.165) is 43.3 Å². The van der Waals surface area contributed by atoms with Crippen molar-refractivity contribution in [2.45, 2.75) is 39.7 Å². The van der Waals surface area contributed by atoms with E-state index in [2.05, 4.69) is 9.48 Å². The van der Waals surface area contributed by atoms with Gasteiger partial charge >= 0.3 is 12.0 Å². The molecule has 30 heavy (non-hydrogen) atoms. The molecule has 3 amide bonds. The molecule has 8 heteroatoms. The third kappa shape index (κ3) is 3.44. The van der Waals surface area contributed by atoms with E-state index in [-0.39, 0.29) is 17.9 Å². The number of urea groups is 1. The number of nitrogens with zero attached hydrogens (tertiary/aromatic N) is 5. The van der Waals surface area contributed by atoms with Crippen molar-refractivity contribution in [2.75, 3.05) is 38.2 Å². The zero-order chi connectivity index (χ0) is 21.4. The number of ether oxygens (including phenoxy) is 1. The van der Waals surface area contributed by atoms with Crippen molar-refractivity contribution in [3.63, 3.8) is 0 Å². The number of hydrogen-bond acceptors (Lipinski definition) is 5. The average Bonchev–Trinajstić information content (AvgIpc) is 2.98. The molecule has 1 aromatic carbocycles. The molecule has 3 heterocycles. The van der Waals surface area contributed by atoms with Crippen LogP contribution >= 0.6 is 0 Å². The second kappa shape index (κ2) is 8.08. The van der Waals surface area contributed by atoms with Crippen molar-refractivity contribution in [3.8, 4) is 5.75 Å². The van der Waals surface area contributed by atoms with Gasteiger partial charge in [0.2, 0.25) is 11.9 Å². The van der Waals surface area contributed by atoms with Crippen LogP contribution in [0, 0.1) is 5.92 Å². The predicted molar refractivity (Wildman–Crippen MR) is 115 cm³/mol. The van der Waals surface area contributed by atoms with Crippen molar-refractivity contribution in [1.82, 2.24) is 9.80 Å². The van der Waals surface area contributed by atoms with Crippen LogP contribution in [0.3, 0.4) is 0 Å². The first-order valence-electron chi connectivity index (χ1n) is 10.7. The van der Waals surface area contributed by atoms with Crippen molar-refractivity contribution in [1.29, 1.82) is 0 Å². The number of carbonyl (C=O) groups is 2. The SMILES string of the molecule is CCOc1ccc(N2CCCC[N+]3=C2N=C2C3C(=O)N(CC(C)C)C(=O)N2C)cc1. The zero-order valence-electron chi connectivity index (χ0n) is 18.2. The summed E-state index contributed by atoms with van der Waals surface area (Å²) >= 11 is 0. The number of guanidine groups is 1. The molecule has 3 aliphatic rings. The molecule has 0 N–H and O–H groups in total. The molecule has 1 fully saturated rings. The lowest BCUT2D eigenvalue weighted by Gasteiger charge is -2.34. The normalized spacial score (nSPS) is 21.7. The third-order valence-electron chi connectivity index (χ3n) is 5.67. The lowest BCUT2D eigenvalue weighted by Crippen LogP contribution is -2.63. The summed E-state index contributed by atoms with van der Waals surface area (Å²) in [6.07, 6.45) is 1.97. The highest BCUT2D eigenvalue weighted by Gasteiger charge is 2.53. The number of imide groups is 1. The molecule has 0 aliphatic carbocycles. The van der Waals surface area contributed by atoms with Crippen LogP contribution in [0.5, 0.6) is 5.75 Å². The fourth-order valence-corrected chi connectivity index (χ4v) is 4.27. The molecule has 160 valence electrons. The molecule has 1 unspecified atom stereocenters. The maximum atomic E-state index is 13.3. The van der Waals surface area contributed by atoms with Crippen molar-refractivity contribution in [2.24, 2.45) is 10.9 Å². The average molecular weight is 413 g/mol. The summed E-state index contributed by atoms with van der Waals surface area (Å²) in [5, 5.41) is 0. The summed E-state index contributed by atoms with van der Waals surface area (Å²) in [5.41, 5.74) is 1.00. The lowest BCUT2D eigenvalue weighted by atomic mass is 10.1. The van der Waals surface area contributed by atoms with Crippen LogP contribution < -0.4 is 9.64 Å². The van der Waals surface area contributed by atoms with Crippen molar-refractivity contribution < 1.29 is 18.9 Å². The van der Waals surface area contributed by atoms with Gasteiger partial charge < -0.3 is 4.74 Å². The van der Waals surface area contributed by atoms with Crippen molar-refractivity contribution in [3.05, 3.63) is 24.3 Å². The Kier molecular flexibility index (Phi) is 5.49. The van der Waals surface area contributed by atoms with Crippen LogP contribution in [-0.4, -0.2) is 77.4 Å². The number of amides is 3. The molecule has 0 saturated carbocycles. The van der Waals surface area contributed by atoms with Gasteiger partial charge in [-0.05, 0) is 49.9 Å². The summed E-state index contributed by atoms with van der Waals surface area (Å²) in [6, 6.07) is 7.11. The van der Waals surface area contributed by atoms with Gasteiger partial charge in [0.1, 0.15) is 11.4 Å². The van der Waals surface area contributed by atoms with Crippen LogP contribution in [0.4, 0.5) is 10.5 Å². The fraction of sp³-hybridized carbons (Fsp3) is 0.545. The summed E-state index contributed by atoms with van der Waals surface area (Å²) in [6.45, 7) is 8.57. The molecule has 0 bridgehead atoms. The van der Waals surface area contributed by atoms with Gasteiger partial charge in [0.25, 0.3) is 5.91 Å². The van der Waals surface area contributed by atoms with Crippen molar-refractivity contribution >= 4 is 29.4 Å². The number of fused-ring (bicyclic) bond motifs is 2. The van der Waals surface area contributed by atoms with E-state index in [9.17, 15) is 9.59 Å². The smallest absolute Gasteiger partial charge is 0.397 e. The number of amidine groups is 1. The van der Waals surface area contributed by atoms with Gasteiger partial charge in [0.05, 0.1) is 19.7 Å². The minimum absolute atomic E-state index is 0.172. The van der Waals surface area contributed by atoms with Gasteiger partial charge in [0.15, 0.2) is 0 Å². The molecule has 0 spiro atoms. The highest BCUT2D eigenvalue weighted by molar-refractivity contribution is 6.24. The monoisotopic (exact) mass is 412 g/mol. The number of rotatable bonds is 5. The first-order chi connectivity index (χ1) is 14.4. The minimum atomic E-state index is -0.537. The number of carbonyl (C=O) groups excluding carboxylic acids is 2.